The van der Waals surface area contributed by atoms with E-state index >= 15 is 0 Å². The van der Waals surface area contributed by atoms with Crippen molar-refractivity contribution in [2.75, 3.05) is 25.2 Å². The number of esters is 1. The Bertz CT molecular complexity index is 1020. The van der Waals surface area contributed by atoms with Crippen molar-refractivity contribution in [3.05, 3.63) is 58.8 Å². The normalized spacial score (nSPS) is 14.9. The average Bonchev–Trinajstić information content (AvgIpc) is 3.00. The number of thiocarbonyl (C=S) groups is 1. The number of anilines is 1. The number of halogens is 1. The molecule has 0 aromatic heterocycles. The lowest BCUT2D eigenvalue weighted by Crippen LogP contribution is -2.27. The molecule has 1 fully saturated rings. The minimum atomic E-state index is -0.482. The molecule has 1 heterocycles. The van der Waals surface area contributed by atoms with Crippen molar-refractivity contribution in [3.8, 4) is 11.5 Å². The van der Waals surface area contributed by atoms with Gasteiger partial charge in [-0.05, 0) is 48.9 Å². The van der Waals surface area contributed by atoms with Crippen LogP contribution in [-0.4, -0.2) is 36.5 Å². The first-order valence-corrected chi connectivity index (χ1v) is 10.2. The number of carbonyl (C=O) groups is 2. The molecular weight excluding hydrogens is 429 g/mol. The van der Waals surface area contributed by atoms with Crippen LogP contribution in [0.1, 0.15) is 12.5 Å². The Morgan fingerprint density at radius 2 is 2.03 bits per heavy atom. The third-order valence-corrected chi connectivity index (χ3v) is 5.30. The molecule has 9 heteroatoms. The summed E-state index contributed by atoms with van der Waals surface area (Å²) in [5.41, 5.74) is 1.05. The summed E-state index contributed by atoms with van der Waals surface area (Å²) in [6, 6.07) is 10.7. The van der Waals surface area contributed by atoms with Crippen molar-refractivity contribution >= 4 is 51.9 Å². The highest BCUT2D eigenvalue weighted by Gasteiger charge is 2.33. The van der Waals surface area contributed by atoms with E-state index in [0.29, 0.717) is 32.0 Å². The van der Waals surface area contributed by atoms with Gasteiger partial charge in [0.1, 0.15) is 5.82 Å². The minimum absolute atomic E-state index is 0.240. The van der Waals surface area contributed by atoms with Gasteiger partial charge in [0.25, 0.3) is 5.91 Å². The molecule has 2 aromatic carbocycles. The third kappa shape index (κ3) is 4.98. The van der Waals surface area contributed by atoms with Gasteiger partial charge in [0.05, 0.1) is 24.3 Å². The maximum absolute atomic E-state index is 13.5. The summed E-state index contributed by atoms with van der Waals surface area (Å²) in [7, 11) is 1.47. The van der Waals surface area contributed by atoms with Crippen LogP contribution in [0.3, 0.4) is 0 Å². The molecule has 0 atom stereocenters. The van der Waals surface area contributed by atoms with Crippen LogP contribution in [0.15, 0.2) is 47.4 Å². The zero-order chi connectivity index (χ0) is 21.7. The number of ether oxygens (including phenoxy) is 3. The molecule has 0 bridgehead atoms. The molecule has 0 unspecified atom stereocenters. The maximum atomic E-state index is 13.5. The zero-order valence-corrected chi connectivity index (χ0v) is 17.8. The summed E-state index contributed by atoms with van der Waals surface area (Å²) in [6.45, 7) is 1.74. The molecule has 156 valence electrons. The van der Waals surface area contributed by atoms with Gasteiger partial charge in [-0.3, -0.25) is 9.69 Å². The Morgan fingerprint density at radius 3 is 2.73 bits per heavy atom. The Hall–Kier alpha value is -2.91. The van der Waals surface area contributed by atoms with Gasteiger partial charge in [0.2, 0.25) is 0 Å². The van der Waals surface area contributed by atoms with E-state index in [1.165, 1.54) is 30.2 Å². The van der Waals surface area contributed by atoms with Gasteiger partial charge < -0.3 is 14.2 Å². The first-order chi connectivity index (χ1) is 14.4. The molecule has 0 saturated carbocycles. The molecular formula is C21H18FNO5S2. The van der Waals surface area contributed by atoms with Crippen molar-refractivity contribution in [3.63, 3.8) is 0 Å². The molecule has 30 heavy (non-hydrogen) atoms. The molecule has 1 aliphatic heterocycles. The zero-order valence-electron chi connectivity index (χ0n) is 16.2. The fourth-order valence-electron chi connectivity index (χ4n) is 2.69. The highest BCUT2D eigenvalue weighted by molar-refractivity contribution is 8.27. The number of carbonyl (C=O) groups excluding carboxylic acids is 2. The Labute approximate surface area is 182 Å². The smallest absolute Gasteiger partial charge is 0.344 e. The van der Waals surface area contributed by atoms with Crippen molar-refractivity contribution in [1.82, 2.24) is 0 Å². The topological polar surface area (TPSA) is 65.1 Å². The van der Waals surface area contributed by atoms with Gasteiger partial charge in [-0.15, -0.1) is 0 Å². The van der Waals surface area contributed by atoms with Gasteiger partial charge in [-0.1, -0.05) is 36.1 Å². The summed E-state index contributed by atoms with van der Waals surface area (Å²) in [5.74, 6) is -0.501. The molecule has 1 aliphatic rings. The highest BCUT2D eigenvalue weighted by atomic mass is 32.2. The standard InChI is InChI=1S/C21H18FNO5S2/c1-3-27-19(24)12-28-16-8-7-13(9-17(16)26-2)10-18-20(25)23(21(29)30-18)15-6-4-5-14(22)11-15/h4-11H,3,12H2,1-2H3/b18-10+. The third-order valence-electron chi connectivity index (χ3n) is 4.00. The second kappa shape index (κ2) is 9.73. The second-order valence-corrected chi connectivity index (χ2v) is 7.68. The average molecular weight is 448 g/mol. The monoisotopic (exact) mass is 447 g/mol. The maximum Gasteiger partial charge on any atom is 0.344 e. The molecule has 1 saturated heterocycles. The van der Waals surface area contributed by atoms with Gasteiger partial charge in [0, 0.05) is 0 Å². The van der Waals surface area contributed by atoms with E-state index in [0.717, 1.165) is 11.8 Å². The molecule has 0 N–H and O–H groups in total. The number of rotatable bonds is 7. The quantitative estimate of drug-likeness (QED) is 0.358. The van der Waals surface area contributed by atoms with Crippen LogP contribution in [0.5, 0.6) is 11.5 Å². The Balaban J connectivity index is 1.80. The van der Waals surface area contributed by atoms with E-state index in [-0.39, 0.29) is 19.1 Å². The van der Waals surface area contributed by atoms with E-state index in [1.54, 1.807) is 37.3 Å². The van der Waals surface area contributed by atoms with Crippen molar-refractivity contribution in [2.24, 2.45) is 0 Å². The van der Waals surface area contributed by atoms with Gasteiger partial charge in [0.15, 0.2) is 22.4 Å². The largest absolute Gasteiger partial charge is 0.493 e. The number of amides is 1. The van der Waals surface area contributed by atoms with Gasteiger partial charge in [-0.2, -0.15) is 0 Å². The second-order valence-electron chi connectivity index (χ2n) is 6.00. The van der Waals surface area contributed by atoms with Crippen LogP contribution in [0.2, 0.25) is 0 Å². The number of hydrogen-bond donors (Lipinski definition) is 0. The molecule has 2 aromatic rings. The molecule has 3 rings (SSSR count). The fourth-order valence-corrected chi connectivity index (χ4v) is 3.99. The molecule has 1 amide bonds. The number of thioether (sulfide) groups is 1. The number of nitrogens with zero attached hydrogens (tertiary/aromatic N) is 1. The van der Waals surface area contributed by atoms with Crippen LogP contribution >= 0.6 is 24.0 Å². The summed E-state index contributed by atoms with van der Waals surface area (Å²) in [6.07, 6.45) is 1.66. The van der Waals surface area contributed by atoms with E-state index in [2.05, 4.69) is 0 Å². The SMILES string of the molecule is CCOC(=O)COc1ccc(/C=C2/SC(=S)N(c3cccc(F)c3)C2=O)cc1OC. The molecule has 0 spiro atoms. The van der Waals surface area contributed by atoms with E-state index in [4.69, 9.17) is 26.4 Å². The molecule has 0 radical (unpaired) electrons. The number of benzene rings is 2. The van der Waals surface area contributed by atoms with Crippen LogP contribution in [0.25, 0.3) is 6.08 Å². The van der Waals surface area contributed by atoms with E-state index in [9.17, 15) is 14.0 Å². The van der Waals surface area contributed by atoms with Crippen molar-refractivity contribution in [1.29, 1.82) is 0 Å². The summed E-state index contributed by atoms with van der Waals surface area (Å²) >= 11 is 6.43. The lowest BCUT2D eigenvalue weighted by Gasteiger charge is -2.14. The predicted octanol–water partition coefficient (Wildman–Crippen LogP) is 4.18. The summed E-state index contributed by atoms with van der Waals surface area (Å²) < 4.78 is 29.4. The van der Waals surface area contributed by atoms with Gasteiger partial charge >= 0.3 is 5.97 Å². The van der Waals surface area contributed by atoms with Gasteiger partial charge in [-0.25, -0.2) is 9.18 Å². The lowest BCUT2D eigenvalue weighted by molar-refractivity contribution is -0.145. The number of methoxy groups -OCH3 is 1. The number of hydrogen-bond acceptors (Lipinski definition) is 7. The van der Waals surface area contributed by atoms with Crippen LogP contribution in [0.4, 0.5) is 10.1 Å². The van der Waals surface area contributed by atoms with Crippen LogP contribution in [0, 0.1) is 5.82 Å². The Kier molecular flexibility index (Phi) is 7.07. The van der Waals surface area contributed by atoms with Crippen LogP contribution < -0.4 is 14.4 Å². The molecule has 6 nitrogen and oxygen atoms in total. The van der Waals surface area contributed by atoms with Crippen molar-refractivity contribution in [2.45, 2.75) is 6.92 Å². The summed E-state index contributed by atoms with van der Waals surface area (Å²) in [5, 5.41) is 0. The predicted molar refractivity (Wildman–Crippen MR) is 117 cm³/mol. The fraction of sp³-hybridized carbons (Fsp3) is 0.190. The minimum Gasteiger partial charge on any atom is -0.493 e. The summed E-state index contributed by atoms with van der Waals surface area (Å²) in [4.78, 5) is 26.0. The first-order valence-electron chi connectivity index (χ1n) is 8.93. The highest BCUT2D eigenvalue weighted by Crippen LogP contribution is 2.37. The lowest BCUT2D eigenvalue weighted by atomic mass is 10.2. The Morgan fingerprint density at radius 1 is 1.23 bits per heavy atom. The molecule has 0 aliphatic carbocycles. The van der Waals surface area contributed by atoms with Crippen molar-refractivity contribution < 1.29 is 28.2 Å². The van der Waals surface area contributed by atoms with E-state index in [1.807, 2.05) is 0 Å². The van der Waals surface area contributed by atoms with Crippen LogP contribution in [-0.2, 0) is 14.3 Å². The first kappa shape index (κ1) is 21.8. The van der Waals surface area contributed by atoms with E-state index < -0.39 is 11.8 Å².